The van der Waals surface area contributed by atoms with Crippen LogP contribution in [-0.2, 0) is 0 Å². The van der Waals surface area contributed by atoms with Crippen LogP contribution in [0.25, 0.3) is 16.7 Å². The number of hydrogen-bond donors (Lipinski definition) is 0. The third-order valence-electron chi connectivity index (χ3n) is 5.07. The first-order valence-electron chi connectivity index (χ1n) is 9.15. The van der Waals surface area contributed by atoms with Crippen molar-refractivity contribution in [2.24, 2.45) is 0 Å². The van der Waals surface area contributed by atoms with Crippen LogP contribution < -0.4 is 4.90 Å². The maximum absolute atomic E-state index is 13.7. The number of halogens is 2. The van der Waals surface area contributed by atoms with Crippen molar-refractivity contribution in [1.82, 2.24) is 14.8 Å². The Balaban J connectivity index is 1.73. The summed E-state index contributed by atoms with van der Waals surface area (Å²) in [5.41, 5.74) is 2.52. The van der Waals surface area contributed by atoms with Crippen molar-refractivity contribution in [2.75, 3.05) is 4.90 Å². The number of rotatable bonds is 2. The summed E-state index contributed by atoms with van der Waals surface area (Å²) in [7, 11) is 0. The second-order valence-corrected chi connectivity index (χ2v) is 7.16. The van der Waals surface area contributed by atoms with E-state index in [1.807, 2.05) is 13.0 Å². The Bertz CT molecular complexity index is 1370. The number of amides is 2. The third kappa shape index (κ3) is 2.53. The van der Waals surface area contributed by atoms with E-state index in [-0.39, 0.29) is 22.5 Å². The molecule has 2 amide bonds. The average molecular weight is 404 g/mol. The monoisotopic (exact) mass is 404 g/mol. The van der Waals surface area contributed by atoms with Crippen molar-refractivity contribution < 1.29 is 18.4 Å². The highest BCUT2D eigenvalue weighted by Gasteiger charge is 2.40. The van der Waals surface area contributed by atoms with Gasteiger partial charge in [-0.25, -0.2) is 23.3 Å². The van der Waals surface area contributed by atoms with Gasteiger partial charge in [0.2, 0.25) is 0 Å². The molecule has 0 radical (unpaired) electrons. The van der Waals surface area contributed by atoms with Crippen LogP contribution in [0.3, 0.4) is 0 Å². The molecule has 0 fully saturated rings. The van der Waals surface area contributed by atoms with E-state index in [1.54, 1.807) is 25.1 Å². The van der Waals surface area contributed by atoms with Gasteiger partial charge in [-0.3, -0.25) is 9.59 Å². The Morgan fingerprint density at radius 3 is 2.33 bits per heavy atom. The summed E-state index contributed by atoms with van der Waals surface area (Å²) in [5, 5.41) is 4.71. The molecule has 0 bridgehead atoms. The molecule has 0 unspecified atom stereocenters. The van der Waals surface area contributed by atoms with Gasteiger partial charge in [0.1, 0.15) is 11.6 Å². The van der Waals surface area contributed by atoms with Crippen LogP contribution in [0, 0.1) is 25.5 Å². The van der Waals surface area contributed by atoms with Gasteiger partial charge in [0.25, 0.3) is 11.8 Å². The first-order chi connectivity index (χ1) is 14.3. The molecule has 0 spiro atoms. The maximum Gasteiger partial charge on any atom is 0.267 e. The molecule has 5 rings (SSSR count). The lowest BCUT2D eigenvalue weighted by atomic mass is 10.1. The zero-order valence-electron chi connectivity index (χ0n) is 16.0. The van der Waals surface area contributed by atoms with Crippen LogP contribution in [0.5, 0.6) is 0 Å². The molecule has 0 atom stereocenters. The normalized spacial score (nSPS) is 13.4. The second-order valence-electron chi connectivity index (χ2n) is 7.16. The van der Waals surface area contributed by atoms with Crippen LogP contribution in [0.1, 0.15) is 32.0 Å². The number of carbonyl (C=O) groups is 2. The van der Waals surface area contributed by atoms with Gasteiger partial charge in [0.05, 0.1) is 33.6 Å². The van der Waals surface area contributed by atoms with Gasteiger partial charge in [-0.15, -0.1) is 0 Å². The zero-order chi connectivity index (χ0) is 21.2. The van der Waals surface area contributed by atoms with Gasteiger partial charge in [-0.1, -0.05) is 12.1 Å². The molecular formula is C22H14F2N4O2. The zero-order valence-corrected chi connectivity index (χ0v) is 16.0. The van der Waals surface area contributed by atoms with Crippen molar-refractivity contribution in [3.05, 3.63) is 82.7 Å². The molecule has 0 saturated heterocycles. The Labute approximate surface area is 169 Å². The van der Waals surface area contributed by atoms with E-state index in [9.17, 15) is 18.4 Å². The molecule has 3 heterocycles. The Hall–Kier alpha value is -3.94. The number of nitrogens with zero attached hydrogens (tertiary/aromatic N) is 4. The number of anilines is 1. The summed E-state index contributed by atoms with van der Waals surface area (Å²) in [6.07, 6.45) is 1.31. The minimum atomic E-state index is -0.760. The summed E-state index contributed by atoms with van der Waals surface area (Å²) in [5.74, 6) is -2.48. The van der Waals surface area contributed by atoms with Crippen LogP contribution in [-0.4, -0.2) is 26.6 Å². The Morgan fingerprint density at radius 2 is 1.63 bits per heavy atom. The van der Waals surface area contributed by atoms with Gasteiger partial charge < -0.3 is 0 Å². The van der Waals surface area contributed by atoms with Crippen molar-refractivity contribution in [3.8, 4) is 5.69 Å². The number of carbonyl (C=O) groups excluding carboxylic acids is 2. The molecule has 4 aromatic rings. The van der Waals surface area contributed by atoms with E-state index in [1.165, 1.54) is 10.9 Å². The fraction of sp³-hybridized carbons (Fsp3) is 0.0909. The molecule has 1 aliphatic heterocycles. The first kappa shape index (κ1) is 18.1. The summed E-state index contributed by atoms with van der Waals surface area (Å²) in [4.78, 5) is 31.6. The van der Waals surface area contributed by atoms with Gasteiger partial charge in [-0.05, 0) is 43.7 Å². The van der Waals surface area contributed by atoms with Crippen LogP contribution >= 0.6 is 0 Å². The fourth-order valence-electron chi connectivity index (χ4n) is 3.80. The smallest absolute Gasteiger partial charge is 0.267 e. The summed E-state index contributed by atoms with van der Waals surface area (Å²) in [6.45, 7) is 3.53. The van der Waals surface area contributed by atoms with E-state index < -0.39 is 23.4 Å². The summed E-state index contributed by atoms with van der Waals surface area (Å²) in [6, 6.07) is 10.1. The topological polar surface area (TPSA) is 68.1 Å². The molecule has 2 aromatic carbocycles. The maximum atomic E-state index is 13.7. The Kier molecular flexibility index (Phi) is 3.79. The first-order valence-corrected chi connectivity index (χ1v) is 9.15. The summed E-state index contributed by atoms with van der Waals surface area (Å²) >= 11 is 0. The molecule has 30 heavy (non-hydrogen) atoms. The molecule has 6 nitrogen and oxygen atoms in total. The number of aromatic nitrogens is 3. The molecule has 148 valence electrons. The number of benzene rings is 2. The molecule has 0 N–H and O–H groups in total. The number of imide groups is 1. The molecule has 2 aromatic heterocycles. The van der Waals surface area contributed by atoms with Crippen LogP contribution in [0.4, 0.5) is 14.5 Å². The quantitative estimate of drug-likeness (QED) is 0.472. The number of hydrogen-bond acceptors (Lipinski definition) is 4. The highest BCUT2D eigenvalue weighted by molar-refractivity contribution is 6.37. The van der Waals surface area contributed by atoms with Crippen molar-refractivity contribution >= 4 is 28.5 Å². The lowest BCUT2D eigenvalue weighted by molar-refractivity contribution is 0.0926. The SMILES string of the molecule is Cc1cccc(N2C(=O)c3cnc4c(c(C)nn4-c4cc(F)cc(F)c4)c3C2=O)c1. The third-order valence-corrected chi connectivity index (χ3v) is 5.07. The lowest BCUT2D eigenvalue weighted by Gasteiger charge is -2.14. The van der Waals surface area contributed by atoms with Gasteiger partial charge in [0, 0.05) is 12.3 Å². The molecule has 8 heteroatoms. The predicted octanol–water partition coefficient (Wildman–Crippen LogP) is 4.12. The van der Waals surface area contributed by atoms with Gasteiger partial charge >= 0.3 is 0 Å². The lowest BCUT2D eigenvalue weighted by Crippen LogP contribution is -2.29. The largest absolute Gasteiger partial charge is 0.268 e. The summed E-state index contributed by atoms with van der Waals surface area (Å²) < 4.78 is 28.7. The molecule has 1 aliphatic rings. The molecule has 0 saturated carbocycles. The highest BCUT2D eigenvalue weighted by atomic mass is 19.1. The van der Waals surface area contributed by atoms with E-state index in [0.717, 1.165) is 28.7 Å². The van der Waals surface area contributed by atoms with Gasteiger partial charge in [0.15, 0.2) is 5.65 Å². The highest BCUT2D eigenvalue weighted by Crippen LogP contribution is 2.34. The van der Waals surface area contributed by atoms with Crippen molar-refractivity contribution in [3.63, 3.8) is 0 Å². The van der Waals surface area contributed by atoms with Gasteiger partial charge in [-0.2, -0.15) is 5.10 Å². The minimum absolute atomic E-state index is 0.130. The standard InChI is InChI=1S/C22H14F2N4O2/c1-11-4-3-5-15(6-11)27-21(29)17-10-25-20-18(19(17)22(27)30)12(2)26-28(20)16-8-13(23)7-14(24)9-16/h3-10H,1-2H3. The average Bonchev–Trinajstić information content (AvgIpc) is 3.15. The van der Waals surface area contributed by atoms with E-state index in [4.69, 9.17) is 0 Å². The van der Waals surface area contributed by atoms with Crippen molar-refractivity contribution in [2.45, 2.75) is 13.8 Å². The minimum Gasteiger partial charge on any atom is -0.268 e. The van der Waals surface area contributed by atoms with Crippen molar-refractivity contribution in [1.29, 1.82) is 0 Å². The fourth-order valence-corrected chi connectivity index (χ4v) is 3.80. The molecule has 0 aliphatic carbocycles. The van der Waals surface area contributed by atoms with E-state index in [2.05, 4.69) is 10.1 Å². The predicted molar refractivity (Wildman–Crippen MR) is 106 cm³/mol. The van der Waals surface area contributed by atoms with Crippen LogP contribution in [0.2, 0.25) is 0 Å². The van der Waals surface area contributed by atoms with E-state index in [0.29, 0.717) is 16.8 Å². The number of pyridine rings is 1. The second kappa shape index (κ2) is 6.28. The number of fused-ring (bicyclic) bond motifs is 3. The number of aryl methyl sites for hydroxylation is 2. The van der Waals surface area contributed by atoms with Crippen LogP contribution in [0.15, 0.2) is 48.7 Å². The van der Waals surface area contributed by atoms with E-state index >= 15 is 0 Å². The molecular weight excluding hydrogens is 390 g/mol. The Morgan fingerprint density at radius 1 is 0.900 bits per heavy atom.